The van der Waals surface area contributed by atoms with Gasteiger partial charge in [0.1, 0.15) is 6.04 Å². The van der Waals surface area contributed by atoms with Crippen LogP contribution in [0.25, 0.3) is 0 Å². The number of aryl methyl sites for hydroxylation is 2. The monoisotopic (exact) mass is 412 g/mol. The standard InChI is InChI=1S/C17H20N2O6S2/c1-12-3-7-14(8-4-12)26(22,23)19(11-16(18)17(20)21)27(24,25)15-9-5-13(2)6-10-15/h3-10,16H,11,18H2,1-2H3,(H,20,21). The largest absolute Gasteiger partial charge is 0.480 e. The molecule has 0 aliphatic heterocycles. The average molecular weight is 412 g/mol. The minimum absolute atomic E-state index is 0.147. The van der Waals surface area contributed by atoms with Crippen LogP contribution in [-0.4, -0.2) is 44.2 Å². The topological polar surface area (TPSA) is 135 Å². The Hall–Kier alpha value is -2.27. The quantitative estimate of drug-likeness (QED) is 0.695. The van der Waals surface area contributed by atoms with Gasteiger partial charge in [0.05, 0.1) is 16.3 Å². The average Bonchev–Trinajstić information content (AvgIpc) is 2.59. The Morgan fingerprint density at radius 1 is 0.889 bits per heavy atom. The first kappa shape index (κ1) is 21.0. The van der Waals surface area contributed by atoms with Gasteiger partial charge in [-0.1, -0.05) is 39.1 Å². The molecule has 0 saturated heterocycles. The van der Waals surface area contributed by atoms with Crippen molar-refractivity contribution >= 4 is 26.0 Å². The maximum Gasteiger partial charge on any atom is 0.321 e. The van der Waals surface area contributed by atoms with Crippen molar-refractivity contribution in [2.24, 2.45) is 5.73 Å². The van der Waals surface area contributed by atoms with Gasteiger partial charge in [-0.05, 0) is 38.1 Å². The molecule has 0 aliphatic rings. The predicted octanol–water partition coefficient (Wildman–Crippen LogP) is 1.09. The molecule has 10 heteroatoms. The highest BCUT2D eigenvalue weighted by atomic mass is 32.3. The van der Waals surface area contributed by atoms with Crippen LogP contribution in [0.15, 0.2) is 58.3 Å². The minimum atomic E-state index is -4.56. The van der Waals surface area contributed by atoms with Gasteiger partial charge in [0, 0.05) is 0 Å². The number of aliphatic carboxylic acids is 1. The van der Waals surface area contributed by atoms with Crippen molar-refractivity contribution in [2.45, 2.75) is 29.7 Å². The zero-order valence-corrected chi connectivity index (χ0v) is 16.4. The van der Waals surface area contributed by atoms with Crippen molar-refractivity contribution in [1.82, 2.24) is 3.71 Å². The predicted molar refractivity (Wildman–Crippen MR) is 99.0 cm³/mol. The molecule has 1 atom stereocenters. The van der Waals surface area contributed by atoms with E-state index in [1.807, 2.05) is 0 Å². The van der Waals surface area contributed by atoms with E-state index in [1.165, 1.54) is 48.5 Å². The van der Waals surface area contributed by atoms with E-state index in [1.54, 1.807) is 13.8 Å². The second kappa shape index (κ2) is 7.77. The Balaban J connectivity index is 2.61. The van der Waals surface area contributed by atoms with E-state index < -0.39 is 38.6 Å². The molecule has 0 fully saturated rings. The lowest BCUT2D eigenvalue weighted by Crippen LogP contribution is -2.47. The zero-order chi connectivity index (χ0) is 20.4. The van der Waals surface area contributed by atoms with E-state index in [0.717, 1.165) is 11.1 Å². The Morgan fingerprint density at radius 3 is 1.52 bits per heavy atom. The zero-order valence-electron chi connectivity index (χ0n) is 14.7. The third kappa shape index (κ3) is 4.53. The number of sulfonamides is 2. The Kier molecular flexibility index (Phi) is 6.05. The summed E-state index contributed by atoms with van der Waals surface area (Å²) in [4.78, 5) is 10.6. The molecule has 1 unspecified atom stereocenters. The van der Waals surface area contributed by atoms with Crippen LogP contribution >= 0.6 is 0 Å². The first-order valence-electron chi connectivity index (χ1n) is 7.86. The van der Waals surface area contributed by atoms with Gasteiger partial charge in [-0.2, -0.15) is 0 Å². The summed E-state index contributed by atoms with van der Waals surface area (Å²) >= 11 is 0. The third-order valence-corrected chi connectivity index (χ3v) is 8.12. The molecule has 0 amide bonds. The number of carboxylic acids is 1. The van der Waals surface area contributed by atoms with E-state index in [-0.39, 0.29) is 13.5 Å². The molecule has 3 N–H and O–H groups in total. The number of carboxylic acid groups (broad SMARTS) is 1. The summed E-state index contributed by atoms with van der Waals surface area (Å²) in [7, 11) is -9.12. The molecular formula is C17H20N2O6S2. The van der Waals surface area contributed by atoms with Crippen LogP contribution in [0.4, 0.5) is 0 Å². The minimum Gasteiger partial charge on any atom is -0.480 e. The van der Waals surface area contributed by atoms with Gasteiger partial charge in [-0.15, -0.1) is 0 Å². The highest BCUT2D eigenvalue weighted by Crippen LogP contribution is 2.25. The molecule has 0 heterocycles. The first-order valence-corrected chi connectivity index (χ1v) is 10.7. The van der Waals surface area contributed by atoms with Crippen LogP contribution in [-0.2, 0) is 24.8 Å². The van der Waals surface area contributed by atoms with Gasteiger partial charge < -0.3 is 10.8 Å². The Morgan fingerprint density at radius 2 is 1.22 bits per heavy atom. The summed E-state index contributed by atoms with van der Waals surface area (Å²) in [5.41, 5.74) is 7.01. The highest BCUT2D eigenvalue weighted by Gasteiger charge is 2.38. The number of nitrogens with two attached hydrogens (primary N) is 1. The fraction of sp³-hybridized carbons (Fsp3) is 0.235. The number of nitrogens with zero attached hydrogens (tertiary/aromatic N) is 1. The number of hydrogen-bond donors (Lipinski definition) is 2. The Bertz CT molecular complexity index is 954. The molecule has 2 rings (SSSR count). The van der Waals surface area contributed by atoms with Crippen molar-refractivity contribution in [3.05, 3.63) is 59.7 Å². The van der Waals surface area contributed by atoms with Crippen molar-refractivity contribution in [2.75, 3.05) is 6.54 Å². The van der Waals surface area contributed by atoms with Gasteiger partial charge >= 0.3 is 5.97 Å². The molecule has 2 aromatic rings. The van der Waals surface area contributed by atoms with E-state index in [0.29, 0.717) is 0 Å². The summed E-state index contributed by atoms with van der Waals surface area (Å²) in [5.74, 6) is -1.52. The number of hydrogen-bond acceptors (Lipinski definition) is 6. The van der Waals surface area contributed by atoms with Gasteiger partial charge in [0.25, 0.3) is 20.0 Å². The normalized spacial score (nSPS) is 13.5. The number of benzene rings is 2. The van der Waals surface area contributed by atoms with E-state index in [9.17, 15) is 21.6 Å². The van der Waals surface area contributed by atoms with Gasteiger partial charge in [-0.25, -0.2) is 16.8 Å². The highest BCUT2D eigenvalue weighted by molar-refractivity contribution is 8.04. The molecule has 2 aromatic carbocycles. The molecule has 27 heavy (non-hydrogen) atoms. The fourth-order valence-corrected chi connectivity index (χ4v) is 5.91. The van der Waals surface area contributed by atoms with Crippen LogP contribution < -0.4 is 5.73 Å². The lowest BCUT2D eigenvalue weighted by atomic mass is 10.2. The molecule has 0 radical (unpaired) electrons. The molecule has 0 aliphatic carbocycles. The molecular weight excluding hydrogens is 392 g/mol. The van der Waals surface area contributed by atoms with Crippen molar-refractivity contribution in [1.29, 1.82) is 0 Å². The van der Waals surface area contributed by atoms with Crippen LogP contribution in [0.3, 0.4) is 0 Å². The van der Waals surface area contributed by atoms with Crippen molar-refractivity contribution in [3.8, 4) is 0 Å². The van der Waals surface area contributed by atoms with Crippen molar-refractivity contribution in [3.63, 3.8) is 0 Å². The molecule has 8 nitrogen and oxygen atoms in total. The maximum absolute atomic E-state index is 13.0. The Labute approximate surface area is 158 Å². The molecule has 0 aromatic heterocycles. The smallest absolute Gasteiger partial charge is 0.321 e. The molecule has 0 spiro atoms. The molecule has 0 saturated carbocycles. The SMILES string of the molecule is Cc1ccc(S(=O)(=O)N(CC(N)C(=O)O)S(=O)(=O)c2ccc(C)cc2)cc1. The summed E-state index contributed by atoms with van der Waals surface area (Å²) in [5, 5.41) is 9.03. The van der Waals surface area contributed by atoms with Crippen LogP contribution in [0, 0.1) is 13.8 Å². The number of rotatable bonds is 7. The second-order valence-electron chi connectivity index (χ2n) is 6.04. The van der Waals surface area contributed by atoms with Gasteiger partial charge in [-0.3, -0.25) is 4.79 Å². The van der Waals surface area contributed by atoms with E-state index in [4.69, 9.17) is 10.8 Å². The summed E-state index contributed by atoms with van der Waals surface area (Å²) in [6, 6.07) is 9.38. The lowest BCUT2D eigenvalue weighted by molar-refractivity contribution is -0.138. The van der Waals surface area contributed by atoms with E-state index in [2.05, 4.69) is 0 Å². The lowest BCUT2D eigenvalue weighted by Gasteiger charge is -2.23. The van der Waals surface area contributed by atoms with Crippen molar-refractivity contribution < 1.29 is 26.7 Å². The maximum atomic E-state index is 13.0. The van der Waals surface area contributed by atoms with Gasteiger partial charge in [0.15, 0.2) is 0 Å². The second-order valence-corrected chi connectivity index (χ2v) is 9.99. The summed E-state index contributed by atoms with van der Waals surface area (Å²) in [6.45, 7) is 2.57. The van der Waals surface area contributed by atoms with Crippen LogP contribution in [0.1, 0.15) is 11.1 Å². The first-order chi connectivity index (χ1) is 12.5. The van der Waals surface area contributed by atoms with E-state index >= 15 is 0 Å². The third-order valence-electron chi connectivity index (χ3n) is 3.84. The fourth-order valence-electron chi connectivity index (χ4n) is 2.22. The molecule has 0 bridgehead atoms. The summed E-state index contributed by atoms with van der Waals surface area (Å²) in [6.07, 6.45) is 0. The number of carbonyl (C=O) groups is 1. The molecule has 146 valence electrons. The van der Waals surface area contributed by atoms with Crippen LogP contribution in [0.2, 0.25) is 0 Å². The van der Waals surface area contributed by atoms with Gasteiger partial charge in [0.2, 0.25) is 0 Å². The summed E-state index contributed by atoms with van der Waals surface area (Å²) < 4.78 is 52.1. The van der Waals surface area contributed by atoms with Crippen LogP contribution in [0.5, 0.6) is 0 Å².